The van der Waals surface area contributed by atoms with Crippen LogP contribution in [0.5, 0.6) is 0 Å². The highest BCUT2D eigenvalue weighted by Crippen LogP contribution is 2.28. The molecule has 0 bridgehead atoms. The second kappa shape index (κ2) is 11.7. The molecular weight excluding hydrogens is 453 g/mol. The van der Waals surface area contributed by atoms with Crippen molar-refractivity contribution in [3.63, 3.8) is 0 Å². The standard InChI is InChI=1S/C27H35Cl2N3O/c1-20-10-13-31(14-11-20)17-22-6-2-5-21(15-22)16-30-27(33)23-7-4-12-32(18-23)19-24-25(28)8-3-9-26(24)29/h2-3,5-6,8-9,15,20,23H,4,7,10-14,16-19H2,1H3,(H,30,33). The molecule has 2 saturated heterocycles. The van der Waals surface area contributed by atoms with Crippen LogP contribution in [0.4, 0.5) is 0 Å². The van der Waals surface area contributed by atoms with Crippen molar-refractivity contribution in [1.82, 2.24) is 15.1 Å². The van der Waals surface area contributed by atoms with Crippen molar-refractivity contribution in [2.45, 2.75) is 52.2 Å². The van der Waals surface area contributed by atoms with Crippen LogP contribution in [0.25, 0.3) is 0 Å². The Hall–Kier alpha value is -1.59. The highest BCUT2D eigenvalue weighted by Gasteiger charge is 2.26. The van der Waals surface area contributed by atoms with Crippen LogP contribution in [0.2, 0.25) is 10.0 Å². The lowest BCUT2D eigenvalue weighted by atomic mass is 9.96. The summed E-state index contributed by atoms with van der Waals surface area (Å²) in [4.78, 5) is 17.8. The fraction of sp³-hybridized carbons (Fsp3) is 0.519. The minimum atomic E-state index is -0.00136. The smallest absolute Gasteiger partial charge is 0.224 e. The van der Waals surface area contributed by atoms with Crippen LogP contribution in [0.3, 0.4) is 0 Å². The molecule has 1 N–H and O–H groups in total. The van der Waals surface area contributed by atoms with Gasteiger partial charge in [0.05, 0.1) is 5.92 Å². The van der Waals surface area contributed by atoms with E-state index >= 15 is 0 Å². The van der Waals surface area contributed by atoms with Crippen LogP contribution in [-0.2, 0) is 24.4 Å². The number of likely N-dealkylation sites (tertiary alicyclic amines) is 2. The maximum absolute atomic E-state index is 12.9. The normalized spacial score (nSPS) is 20.6. The maximum Gasteiger partial charge on any atom is 0.224 e. The van der Waals surface area contributed by atoms with Gasteiger partial charge in [-0.25, -0.2) is 0 Å². The Balaban J connectivity index is 1.28. The predicted octanol–water partition coefficient (Wildman–Crippen LogP) is 5.75. The molecule has 1 atom stereocenters. The van der Waals surface area contributed by atoms with Gasteiger partial charge in [0.2, 0.25) is 5.91 Å². The highest BCUT2D eigenvalue weighted by atomic mass is 35.5. The first-order valence-corrected chi connectivity index (χ1v) is 13.0. The first-order chi connectivity index (χ1) is 16.0. The Morgan fingerprint density at radius 1 is 0.939 bits per heavy atom. The van der Waals surface area contributed by atoms with Crippen molar-refractivity contribution >= 4 is 29.1 Å². The quantitative estimate of drug-likeness (QED) is 0.539. The third-order valence-electron chi connectivity index (χ3n) is 7.06. The molecule has 2 fully saturated rings. The lowest BCUT2D eigenvalue weighted by molar-refractivity contribution is -0.126. The van der Waals surface area contributed by atoms with E-state index in [9.17, 15) is 4.79 Å². The van der Waals surface area contributed by atoms with Crippen molar-refractivity contribution in [2.75, 3.05) is 26.2 Å². The Morgan fingerprint density at radius 3 is 2.39 bits per heavy atom. The van der Waals surface area contributed by atoms with Gasteiger partial charge in [0.1, 0.15) is 0 Å². The largest absolute Gasteiger partial charge is 0.352 e. The Bertz CT molecular complexity index is 922. The van der Waals surface area contributed by atoms with Gasteiger partial charge < -0.3 is 5.32 Å². The fourth-order valence-corrected chi connectivity index (χ4v) is 5.49. The Kier molecular flexibility index (Phi) is 8.70. The summed E-state index contributed by atoms with van der Waals surface area (Å²) in [5.74, 6) is 0.985. The van der Waals surface area contributed by atoms with Crippen LogP contribution in [0, 0.1) is 11.8 Å². The molecule has 2 aromatic rings. The minimum Gasteiger partial charge on any atom is -0.352 e. The topological polar surface area (TPSA) is 35.6 Å². The fourth-order valence-electron chi connectivity index (χ4n) is 4.97. The van der Waals surface area contributed by atoms with Crippen LogP contribution in [0.15, 0.2) is 42.5 Å². The molecule has 2 heterocycles. The number of rotatable bonds is 7. The average molecular weight is 489 g/mol. The lowest BCUT2D eigenvalue weighted by Gasteiger charge is -2.32. The van der Waals surface area contributed by atoms with Crippen LogP contribution in [0.1, 0.15) is 49.3 Å². The summed E-state index contributed by atoms with van der Waals surface area (Å²) >= 11 is 12.7. The summed E-state index contributed by atoms with van der Waals surface area (Å²) in [7, 11) is 0. The molecule has 0 spiro atoms. The van der Waals surface area contributed by atoms with Crippen molar-refractivity contribution in [1.29, 1.82) is 0 Å². The third-order valence-corrected chi connectivity index (χ3v) is 7.77. The van der Waals surface area contributed by atoms with Crippen molar-refractivity contribution in [3.8, 4) is 0 Å². The van der Waals surface area contributed by atoms with Gasteiger partial charge in [-0.15, -0.1) is 0 Å². The molecular formula is C27H35Cl2N3O. The zero-order chi connectivity index (χ0) is 23.2. The number of nitrogens with zero attached hydrogens (tertiary/aromatic N) is 2. The molecule has 2 aliphatic heterocycles. The summed E-state index contributed by atoms with van der Waals surface area (Å²) in [5.41, 5.74) is 3.44. The second-order valence-corrected chi connectivity index (χ2v) is 10.6. The number of carbonyl (C=O) groups excluding carboxylic acids is 1. The minimum absolute atomic E-state index is 0.00136. The van der Waals surface area contributed by atoms with E-state index in [4.69, 9.17) is 23.2 Å². The van der Waals surface area contributed by atoms with Gasteiger partial charge in [-0.2, -0.15) is 0 Å². The monoisotopic (exact) mass is 487 g/mol. The SMILES string of the molecule is CC1CCN(Cc2cccc(CNC(=O)C3CCCN(Cc4c(Cl)cccc4Cl)C3)c2)CC1. The van der Waals surface area contributed by atoms with E-state index in [-0.39, 0.29) is 11.8 Å². The zero-order valence-electron chi connectivity index (χ0n) is 19.5. The number of nitrogens with one attached hydrogen (secondary N) is 1. The van der Waals surface area contributed by atoms with E-state index in [0.717, 1.165) is 44.0 Å². The molecule has 4 nitrogen and oxygen atoms in total. The molecule has 0 radical (unpaired) electrons. The van der Waals surface area contributed by atoms with Crippen LogP contribution < -0.4 is 5.32 Å². The van der Waals surface area contributed by atoms with Gasteiger partial charge in [0.25, 0.3) is 0 Å². The van der Waals surface area contributed by atoms with Gasteiger partial charge in [-0.1, -0.05) is 60.5 Å². The van der Waals surface area contributed by atoms with Gasteiger partial charge in [0, 0.05) is 41.8 Å². The van der Waals surface area contributed by atoms with Crippen LogP contribution >= 0.6 is 23.2 Å². The maximum atomic E-state index is 12.9. The number of hydrogen-bond acceptors (Lipinski definition) is 3. The number of benzene rings is 2. The third kappa shape index (κ3) is 6.95. The molecule has 178 valence electrons. The van der Waals surface area contributed by atoms with Crippen molar-refractivity contribution in [2.24, 2.45) is 11.8 Å². The van der Waals surface area contributed by atoms with Crippen LogP contribution in [-0.4, -0.2) is 41.9 Å². The van der Waals surface area contributed by atoms with E-state index in [1.54, 1.807) is 0 Å². The van der Waals surface area contributed by atoms with Crippen molar-refractivity contribution in [3.05, 3.63) is 69.2 Å². The lowest BCUT2D eigenvalue weighted by Crippen LogP contribution is -2.42. The first kappa shape index (κ1) is 24.5. The molecule has 1 amide bonds. The summed E-state index contributed by atoms with van der Waals surface area (Å²) in [6, 6.07) is 14.3. The first-order valence-electron chi connectivity index (χ1n) is 12.2. The zero-order valence-corrected chi connectivity index (χ0v) is 21.0. The summed E-state index contributed by atoms with van der Waals surface area (Å²) in [6.45, 7) is 8.66. The number of halogens is 2. The number of hydrogen-bond donors (Lipinski definition) is 1. The van der Waals surface area contributed by atoms with E-state index in [2.05, 4.69) is 46.3 Å². The summed E-state index contributed by atoms with van der Waals surface area (Å²) in [5, 5.41) is 4.56. The van der Waals surface area contributed by atoms with Gasteiger partial charge in [0.15, 0.2) is 0 Å². The molecule has 0 saturated carbocycles. The average Bonchev–Trinajstić information content (AvgIpc) is 2.82. The summed E-state index contributed by atoms with van der Waals surface area (Å²) in [6.07, 6.45) is 4.50. The number of amides is 1. The molecule has 2 aromatic carbocycles. The van der Waals surface area contributed by atoms with E-state index in [1.165, 1.54) is 37.1 Å². The number of piperidine rings is 2. The number of carbonyl (C=O) groups is 1. The van der Waals surface area contributed by atoms with E-state index in [0.29, 0.717) is 23.1 Å². The van der Waals surface area contributed by atoms with Gasteiger partial charge >= 0.3 is 0 Å². The van der Waals surface area contributed by atoms with E-state index in [1.807, 2.05) is 18.2 Å². The summed E-state index contributed by atoms with van der Waals surface area (Å²) < 4.78 is 0. The second-order valence-electron chi connectivity index (χ2n) is 9.77. The van der Waals surface area contributed by atoms with Gasteiger partial charge in [-0.3, -0.25) is 14.6 Å². The molecule has 0 aliphatic carbocycles. The molecule has 0 aromatic heterocycles. The Labute approximate surface area is 208 Å². The van der Waals surface area contributed by atoms with Crippen molar-refractivity contribution < 1.29 is 4.79 Å². The van der Waals surface area contributed by atoms with Gasteiger partial charge in [-0.05, 0) is 74.5 Å². The predicted molar refractivity (Wildman–Crippen MR) is 136 cm³/mol. The molecule has 2 aliphatic rings. The molecule has 1 unspecified atom stereocenters. The molecule has 33 heavy (non-hydrogen) atoms. The highest BCUT2D eigenvalue weighted by molar-refractivity contribution is 6.35. The van der Waals surface area contributed by atoms with E-state index < -0.39 is 0 Å². The molecule has 4 rings (SSSR count). The Morgan fingerprint density at radius 2 is 1.64 bits per heavy atom. The molecule has 6 heteroatoms.